The number of benzene rings is 2. The zero-order chi connectivity index (χ0) is 24.4. The van der Waals surface area contributed by atoms with E-state index in [-0.39, 0.29) is 11.5 Å². The zero-order valence-corrected chi connectivity index (χ0v) is 20.6. The molecule has 1 saturated heterocycles. The molecule has 2 aromatic carbocycles. The van der Waals surface area contributed by atoms with Gasteiger partial charge in [-0.25, -0.2) is 4.98 Å². The minimum atomic E-state index is -0.540. The fourth-order valence-corrected chi connectivity index (χ4v) is 5.12. The van der Waals surface area contributed by atoms with Crippen LogP contribution in [0.1, 0.15) is 18.2 Å². The van der Waals surface area contributed by atoms with Crippen LogP contribution < -0.4 is 10.3 Å². The molecule has 8 nitrogen and oxygen atoms in total. The van der Waals surface area contributed by atoms with Crippen LogP contribution in [0.4, 0.5) is 0 Å². The van der Waals surface area contributed by atoms with Crippen LogP contribution in [-0.2, 0) is 11.3 Å². The molecule has 0 saturated carbocycles. The highest BCUT2D eigenvalue weighted by Crippen LogP contribution is 2.25. The van der Waals surface area contributed by atoms with E-state index in [2.05, 4.69) is 16.1 Å². The molecule has 0 aliphatic carbocycles. The van der Waals surface area contributed by atoms with E-state index in [1.54, 1.807) is 13.0 Å². The van der Waals surface area contributed by atoms with E-state index >= 15 is 0 Å². The number of carbonyl (C=O) groups excluding carboxylic acids is 1. The molecule has 9 heteroatoms. The van der Waals surface area contributed by atoms with Crippen molar-refractivity contribution < 1.29 is 9.53 Å². The molecule has 4 aromatic rings. The number of nitrogens with zero attached hydrogens (tertiary/aromatic N) is 5. The second kappa shape index (κ2) is 9.97. The highest BCUT2D eigenvalue weighted by molar-refractivity contribution is 7.19. The smallest absolute Gasteiger partial charge is 0.275 e. The fraction of sp³-hybridized carbons (Fsp3) is 0.308. The highest BCUT2D eigenvalue weighted by atomic mass is 32.1. The number of para-hydroxylation sites is 1. The SMILES string of the molecule is Cc1cccc(-c2nn3c(=O)cc(CN4CCN(C(=O)[C@@H](C)Oc5ccccc5)CC4)nc3s2)c1. The van der Waals surface area contributed by atoms with E-state index in [0.29, 0.717) is 43.4 Å². The number of rotatable bonds is 6. The third-order valence-corrected chi connectivity index (χ3v) is 6.99. The van der Waals surface area contributed by atoms with Crippen LogP contribution in [0.2, 0.25) is 0 Å². The highest BCUT2D eigenvalue weighted by Gasteiger charge is 2.26. The molecule has 0 spiro atoms. The van der Waals surface area contributed by atoms with Gasteiger partial charge in [-0.1, -0.05) is 53.3 Å². The van der Waals surface area contributed by atoms with E-state index in [4.69, 9.17) is 9.72 Å². The summed E-state index contributed by atoms with van der Waals surface area (Å²) in [7, 11) is 0. The van der Waals surface area contributed by atoms with Gasteiger partial charge in [0.15, 0.2) is 6.10 Å². The maximum atomic E-state index is 12.8. The first-order valence-corrected chi connectivity index (χ1v) is 12.5. The molecule has 0 N–H and O–H groups in total. The number of amides is 1. The number of fused-ring (bicyclic) bond motifs is 1. The number of aromatic nitrogens is 3. The fourth-order valence-electron chi connectivity index (χ4n) is 4.20. The minimum absolute atomic E-state index is 0.0142. The molecule has 3 heterocycles. The van der Waals surface area contributed by atoms with Crippen LogP contribution in [0.3, 0.4) is 0 Å². The Morgan fingerprint density at radius 3 is 2.57 bits per heavy atom. The topological polar surface area (TPSA) is 80.0 Å². The summed E-state index contributed by atoms with van der Waals surface area (Å²) < 4.78 is 7.16. The third-order valence-electron chi connectivity index (χ3n) is 6.04. The van der Waals surface area contributed by atoms with Crippen LogP contribution in [0.15, 0.2) is 65.5 Å². The Balaban J connectivity index is 1.22. The lowest BCUT2D eigenvalue weighted by Gasteiger charge is -2.35. The van der Waals surface area contributed by atoms with E-state index < -0.39 is 6.10 Å². The number of piperazine rings is 1. The van der Waals surface area contributed by atoms with Crippen LogP contribution >= 0.6 is 11.3 Å². The number of hydrogen-bond donors (Lipinski definition) is 0. The van der Waals surface area contributed by atoms with Crippen LogP contribution in [0.5, 0.6) is 5.75 Å². The first kappa shape index (κ1) is 23.2. The van der Waals surface area contributed by atoms with E-state index in [0.717, 1.165) is 21.8 Å². The average Bonchev–Trinajstić information content (AvgIpc) is 3.30. The molecule has 1 atom stereocenters. The molecule has 1 amide bonds. The second-order valence-corrected chi connectivity index (χ2v) is 9.69. The Hall–Kier alpha value is -3.56. The molecule has 0 radical (unpaired) electrons. The van der Waals surface area contributed by atoms with Crippen LogP contribution in [0.25, 0.3) is 15.5 Å². The second-order valence-electron chi connectivity index (χ2n) is 8.73. The van der Waals surface area contributed by atoms with Gasteiger partial charge in [0.05, 0.1) is 5.69 Å². The Morgan fingerprint density at radius 2 is 1.83 bits per heavy atom. The summed E-state index contributed by atoms with van der Waals surface area (Å²) in [6.45, 7) is 7.02. The van der Waals surface area contributed by atoms with Gasteiger partial charge in [0.2, 0.25) is 4.96 Å². The summed E-state index contributed by atoms with van der Waals surface area (Å²) in [4.78, 5) is 34.9. The summed E-state index contributed by atoms with van der Waals surface area (Å²) in [5.41, 5.74) is 2.66. The Bertz CT molecular complexity index is 1390. The quantitative estimate of drug-likeness (QED) is 0.414. The molecule has 1 aliphatic rings. The van der Waals surface area contributed by atoms with Gasteiger partial charge in [-0.05, 0) is 32.0 Å². The minimum Gasteiger partial charge on any atom is -0.481 e. The number of ether oxygens (including phenoxy) is 1. The van der Waals surface area contributed by atoms with E-state index in [1.807, 2.05) is 60.4 Å². The van der Waals surface area contributed by atoms with Crippen molar-refractivity contribution in [3.8, 4) is 16.3 Å². The van der Waals surface area contributed by atoms with Crippen molar-refractivity contribution >= 4 is 22.2 Å². The predicted octanol–water partition coefficient (Wildman–Crippen LogP) is 3.24. The van der Waals surface area contributed by atoms with Gasteiger partial charge in [-0.2, -0.15) is 9.61 Å². The molecule has 5 rings (SSSR count). The monoisotopic (exact) mass is 489 g/mol. The van der Waals surface area contributed by atoms with Gasteiger partial charge < -0.3 is 9.64 Å². The van der Waals surface area contributed by atoms with Crippen molar-refractivity contribution in [2.45, 2.75) is 26.5 Å². The van der Waals surface area contributed by atoms with Crippen molar-refractivity contribution in [1.29, 1.82) is 0 Å². The van der Waals surface area contributed by atoms with Gasteiger partial charge in [0.1, 0.15) is 10.8 Å². The predicted molar refractivity (Wildman–Crippen MR) is 136 cm³/mol. The first-order chi connectivity index (χ1) is 17.0. The van der Waals surface area contributed by atoms with Crippen molar-refractivity contribution in [1.82, 2.24) is 24.4 Å². The van der Waals surface area contributed by atoms with Crippen molar-refractivity contribution in [3.05, 3.63) is 82.3 Å². The number of aryl methyl sites for hydroxylation is 1. The van der Waals surface area contributed by atoms with Crippen molar-refractivity contribution in [2.75, 3.05) is 26.2 Å². The summed E-state index contributed by atoms with van der Waals surface area (Å²) in [6, 6.07) is 19.0. The van der Waals surface area contributed by atoms with Crippen molar-refractivity contribution in [2.24, 2.45) is 0 Å². The molecule has 180 valence electrons. The Morgan fingerprint density at radius 1 is 1.06 bits per heavy atom. The van der Waals surface area contributed by atoms with Crippen LogP contribution in [-0.4, -0.2) is 62.6 Å². The summed E-state index contributed by atoms with van der Waals surface area (Å²) >= 11 is 1.41. The zero-order valence-electron chi connectivity index (χ0n) is 19.8. The summed E-state index contributed by atoms with van der Waals surface area (Å²) in [6.07, 6.45) is -0.540. The van der Waals surface area contributed by atoms with Gasteiger partial charge in [0, 0.05) is 44.4 Å². The normalized spacial score (nSPS) is 15.3. The molecule has 1 aliphatic heterocycles. The third kappa shape index (κ3) is 5.26. The van der Waals surface area contributed by atoms with Gasteiger partial charge in [0.25, 0.3) is 11.5 Å². The lowest BCUT2D eigenvalue weighted by Crippen LogP contribution is -2.51. The molecule has 1 fully saturated rings. The lowest BCUT2D eigenvalue weighted by molar-refractivity contribution is -0.139. The largest absolute Gasteiger partial charge is 0.481 e. The Labute approximate surface area is 207 Å². The Kier molecular flexibility index (Phi) is 6.61. The molecule has 0 unspecified atom stereocenters. The van der Waals surface area contributed by atoms with Gasteiger partial charge >= 0.3 is 0 Å². The van der Waals surface area contributed by atoms with Crippen LogP contribution in [0, 0.1) is 6.92 Å². The summed E-state index contributed by atoms with van der Waals surface area (Å²) in [5, 5.41) is 5.25. The van der Waals surface area contributed by atoms with Gasteiger partial charge in [-0.3, -0.25) is 14.5 Å². The maximum Gasteiger partial charge on any atom is 0.275 e. The molecular formula is C26H27N5O3S. The van der Waals surface area contributed by atoms with Crippen molar-refractivity contribution in [3.63, 3.8) is 0 Å². The molecule has 35 heavy (non-hydrogen) atoms. The standard InChI is InChI=1S/C26H27N5O3S/c1-18-7-6-8-20(15-18)24-28-31-23(32)16-21(27-26(31)35-24)17-29-11-13-30(14-12-29)25(33)19(2)34-22-9-4-3-5-10-22/h3-10,15-16,19H,11-14,17H2,1-2H3/t19-/m1/s1. The lowest BCUT2D eigenvalue weighted by atomic mass is 10.1. The molecular weight excluding hydrogens is 462 g/mol. The molecule has 0 bridgehead atoms. The molecule has 2 aromatic heterocycles. The average molecular weight is 490 g/mol. The maximum absolute atomic E-state index is 12.8. The number of hydrogen-bond acceptors (Lipinski definition) is 7. The van der Waals surface area contributed by atoms with E-state index in [9.17, 15) is 9.59 Å². The summed E-state index contributed by atoms with van der Waals surface area (Å²) in [5.74, 6) is 0.674. The van der Waals surface area contributed by atoms with Gasteiger partial charge in [-0.15, -0.1) is 0 Å². The number of carbonyl (C=O) groups is 1. The first-order valence-electron chi connectivity index (χ1n) is 11.7. The van der Waals surface area contributed by atoms with E-state index in [1.165, 1.54) is 15.9 Å².